The Morgan fingerprint density at radius 2 is 1.19 bits per heavy atom. The molecule has 1 amide bonds. The average molecular weight is 424 g/mol. The van der Waals surface area contributed by atoms with Gasteiger partial charge in [0.05, 0.1) is 31.2 Å². The number of nitrogens with one attached hydrogen (secondary N) is 2. The molecule has 2 N–H and O–H groups in total. The standard InChI is InChI=1S/C27H26N4O/c1-20(32)28-24-16-10-11-17-25(24)29-23-18-26(21-12-6-4-7-13-21)31(30(2)3)27(19-23)22-14-8-5-9-15-22/h4-19H,1-3H3,(H,28,32)/p+1. The van der Waals surface area contributed by atoms with Crippen LogP contribution in [0.15, 0.2) is 97.1 Å². The lowest BCUT2D eigenvalue weighted by Gasteiger charge is -2.17. The maximum atomic E-state index is 11.7. The molecule has 1 heterocycles. The highest BCUT2D eigenvalue weighted by Gasteiger charge is 2.24. The molecular formula is C27H27N4O+. The van der Waals surface area contributed by atoms with Gasteiger partial charge in [-0.2, -0.15) is 5.01 Å². The van der Waals surface area contributed by atoms with E-state index < -0.39 is 0 Å². The zero-order chi connectivity index (χ0) is 22.5. The lowest BCUT2D eigenvalue weighted by molar-refractivity contribution is -0.665. The molecular weight excluding hydrogens is 396 g/mol. The minimum Gasteiger partial charge on any atom is -0.353 e. The predicted molar refractivity (Wildman–Crippen MR) is 132 cm³/mol. The van der Waals surface area contributed by atoms with Crippen LogP contribution in [0.5, 0.6) is 0 Å². The molecule has 0 saturated carbocycles. The van der Waals surface area contributed by atoms with Crippen LogP contribution in [0.2, 0.25) is 0 Å². The fourth-order valence-corrected chi connectivity index (χ4v) is 3.77. The summed E-state index contributed by atoms with van der Waals surface area (Å²) in [5, 5.41) is 8.50. The second kappa shape index (κ2) is 9.35. The van der Waals surface area contributed by atoms with E-state index in [1.54, 1.807) is 0 Å². The van der Waals surface area contributed by atoms with Gasteiger partial charge < -0.3 is 10.6 Å². The van der Waals surface area contributed by atoms with Crippen LogP contribution in [0.3, 0.4) is 0 Å². The van der Waals surface area contributed by atoms with Crippen LogP contribution in [0, 0.1) is 0 Å². The number of pyridine rings is 1. The van der Waals surface area contributed by atoms with E-state index in [4.69, 9.17) is 0 Å². The number of anilines is 3. The van der Waals surface area contributed by atoms with E-state index in [0.717, 1.165) is 39.6 Å². The van der Waals surface area contributed by atoms with Gasteiger partial charge in [0, 0.05) is 30.2 Å². The SMILES string of the molecule is CC(=O)Nc1ccccc1Nc1cc(-c2ccccc2)[n+](N(C)C)c(-c2ccccc2)c1. The minimum absolute atomic E-state index is 0.104. The third-order valence-corrected chi connectivity index (χ3v) is 5.10. The normalized spacial score (nSPS) is 10.5. The highest BCUT2D eigenvalue weighted by molar-refractivity contribution is 5.93. The number of para-hydroxylation sites is 2. The first kappa shape index (κ1) is 21.1. The summed E-state index contributed by atoms with van der Waals surface area (Å²) in [6.45, 7) is 1.51. The van der Waals surface area contributed by atoms with Gasteiger partial charge >= 0.3 is 0 Å². The van der Waals surface area contributed by atoms with E-state index in [1.807, 2.05) is 74.8 Å². The number of rotatable bonds is 6. The van der Waals surface area contributed by atoms with Gasteiger partial charge in [0.1, 0.15) is 0 Å². The van der Waals surface area contributed by atoms with Gasteiger partial charge in [0.15, 0.2) is 0 Å². The van der Waals surface area contributed by atoms with Crippen molar-refractivity contribution >= 4 is 23.0 Å². The first-order valence-electron chi connectivity index (χ1n) is 10.5. The summed E-state index contributed by atoms with van der Waals surface area (Å²) in [5.74, 6) is -0.104. The number of hydrogen-bond donors (Lipinski definition) is 2. The molecule has 4 aromatic rings. The number of aromatic nitrogens is 1. The maximum Gasteiger partial charge on any atom is 0.245 e. The molecule has 0 saturated heterocycles. The highest BCUT2D eigenvalue weighted by Crippen LogP contribution is 2.30. The van der Waals surface area contributed by atoms with Crippen LogP contribution >= 0.6 is 0 Å². The molecule has 4 rings (SSSR count). The Morgan fingerprint density at radius 3 is 1.66 bits per heavy atom. The summed E-state index contributed by atoms with van der Waals surface area (Å²) >= 11 is 0. The van der Waals surface area contributed by atoms with Gasteiger partial charge in [-0.3, -0.25) is 4.79 Å². The van der Waals surface area contributed by atoms with Crippen LogP contribution < -0.4 is 20.3 Å². The molecule has 0 spiro atoms. The zero-order valence-electron chi connectivity index (χ0n) is 18.5. The number of carbonyl (C=O) groups is 1. The van der Waals surface area contributed by atoms with E-state index in [1.165, 1.54) is 6.92 Å². The van der Waals surface area contributed by atoms with Crippen molar-refractivity contribution in [2.24, 2.45) is 0 Å². The van der Waals surface area contributed by atoms with Crippen LogP contribution in [-0.4, -0.2) is 20.0 Å². The lowest BCUT2D eigenvalue weighted by Crippen LogP contribution is -2.55. The van der Waals surface area contributed by atoms with Crippen molar-refractivity contribution < 1.29 is 9.47 Å². The highest BCUT2D eigenvalue weighted by atomic mass is 16.1. The topological polar surface area (TPSA) is 48.3 Å². The molecule has 5 nitrogen and oxygen atoms in total. The molecule has 1 aromatic heterocycles. The molecule has 0 aliphatic heterocycles. The Kier molecular flexibility index (Phi) is 6.17. The van der Waals surface area contributed by atoms with E-state index in [0.29, 0.717) is 0 Å². The van der Waals surface area contributed by atoms with E-state index in [2.05, 4.69) is 56.7 Å². The van der Waals surface area contributed by atoms with Crippen molar-refractivity contribution in [2.75, 3.05) is 29.7 Å². The van der Waals surface area contributed by atoms with Crippen LogP contribution in [0.4, 0.5) is 17.1 Å². The minimum atomic E-state index is -0.104. The van der Waals surface area contributed by atoms with Gasteiger partial charge in [-0.1, -0.05) is 53.2 Å². The van der Waals surface area contributed by atoms with Crippen LogP contribution in [0.25, 0.3) is 22.5 Å². The quantitative estimate of drug-likeness (QED) is 0.419. The Balaban J connectivity index is 1.90. The van der Waals surface area contributed by atoms with Crippen molar-refractivity contribution in [1.82, 2.24) is 0 Å². The number of nitrogens with zero attached hydrogens (tertiary/aromatic N) is 2. The summed E-state index contributed by atoms with van der Waals surface area (Å²) in [6.07, 6.45) is 0. The van der Waals surface area contributed by atoms with Crippen LogP contribution in [0.1, 0.15) is 6.92 Å². The molecule has 0 radical (unpaired) electrons. The molecule has 0 fully saturated rings. The third-order valence-electron chi connectivity index (χ3n) is 5.10. The maximum absolute atomic E-state index is 11.7. The van der Waals surface area contributed by atoms with Crippen molar-refractivity contribution in [3.8, 4) is 22.5 Å². The number of amides is 1. The summed E-state index contributed by atoms with van der Waals surface area (Å²) in [7, 11) is 4.08. The van der Waals surface area contributed by atoms with E-state index in [-0.39, 0.29) is 5.91 Å². The Hall–Kier alpha value is -4.12. The van der Waals surface area contributed by atoms with Gasteiger partial charge in [0.2, 0.25) is 17.3 Å². The first-order valence-corrected chi connectivity index (χ1v) is 10.5. The molecule has 0 atom stereocenters. The second-order valence-electron chi connectivity index (χ2n) is 7.76. The number of carbonyl (C=O) groups excluding carboxylic acids is 1. The van der Waals surface area contributed by atoms with Gasteiger partial charge in [0.25, 0.3) is 0 Å². The fraction of sp³-hybridized carbons (Fsp3) is 0.111. The van der Waals surface area contributed by atoms with Crippen molar-refractivity contribution in [1.29, 1.82) is 0 Å². The number of hydrogen-bond acceptors (Lipinski definition) is 3. The molecule has 32 heavy (non-hydrogen) atoms. The van der Waals surface area contributed by atoms with E-state index in [9.17, 15) is 4.79 Å². The number of benzene rings is 3. The van der Waals surface area contributed by atoms with Crippen LogP contribution in [-0.2, 0) is 4.79 Å². The Morgan fingerprint density at radius 1 is 0.719 bits per heavy atom. The van der Waals surface area contributed by atoms with Crippen molar-refractivity contribution in [3.05, 3.63) is 97.1 Å². The zero-order valence-corrected chi connectivity index (χ0v) is 18.5. The summed E-state index contributed by atoms with van der Waals surface area (Å²) in [4.78, 5) is 11.7. The monoisotopic (exact) mass is 423 g/mol. The predicted octanol–water partition coefficient (Wildman–Crippen LogP) is 5.21. The molecule has 0 bridgehead atoms. The Bertz CT molecular complexity index is 1160. The summed E-state index contributed by atoms with van der Waals surface area (Å²) in [5.41, 5.74) is 6.83. The molecule has 0 aliphatic rings. The molecule has 3 aromatic carbocycles. The van der Waals surface area contributed by atoms with Gasteiger partial charge in [-0.05, 0) is 36.4 Å². The Labute approximate surface area is 188 Å². The fourth-order valence-electron chi connectivity index (χ4n) is 3.77. The van der Waals surface area contributed by atoms with Crippen molar-refractivity contribution in [2.45, 2.75) is 6.92 Å². The molecule has 160 valence electrons. The third kappa shape index (κ3) is 4.62. The van der Waals surface area contributed by atoms with Gasteiger partial charge in [-0.15, -0.1) is 0 Å². The molecule has 0 unspecified atom stereocenters. The lowest BCUT2D eigenvalue weighted by atomic mass is 10.1. The first-order chi connectivity index (χ1) is 15.5. The summed E-state index contributed by atoms with van der Waals surface area (Å²) in [6, 6.07) is 32.6. The second-order valence-corrected chi connectivity index (χ2v) is 7.76. The smallest absolute Gasteiger partial charge is 0.245 e. The summed E-state index contributed by atoms with van der Waals surface area (Å²) < 4.78 is 2.20. The molecule has 5 heteroatoms. The largest absolute Gasteiger partial charge is 0.353 e. The molecule has 0 aliphatic carbocycles. The van der Waals surface area contributed by atoms with E-state index >= 15 is 0 Å². The van der Waals surface area contributed by atoms with Crippen molar-refractivity contribution in [3.63, 3.8) is 0 Å². The van der Waals surface area contributed by atoms with Gasteiger partial charge in [-0.25, -0.2) is 0 Å². The average Bonchev–Trinajstić information content (AvgIpc) is 2.80.